The summed E-state index contributed by atoms with van der Waals surface area (Å²) in [5, 5.41) is 8.47. The molecule has 232 valence electrons. The Morgan fingerprint density at radius 2 is 0.545 bits per heavy atom. The molecule has 7 aliphatic heterocycles. The second-order valence-electron chi connectivity index (χ2n) is 15.8. The Hall–Kier alpha value is -1.57. The summed E-state index contributed by atoms with van der Waals surface area (Å²) >= 11 is -2.48. The molecule has 8 heteroatoms. The van der Waals surface area contributed by atoms with Crippen molar-refractivity contribution >= 4 is 94.5 Å². The second kappa shape index (κ2) is 11.6. The molecular formula is C36H52GeO2Si5. The van der Waals surface area contributed by atoms with Crippen molar-refractivity contribution < 1.29 is 8.23 Å². The zero-order chi connectivity index (χ0) is 32.3. The molecule has 2 nitrogen and oxygen atoms in total. The Kier molecular flexibility index (Phi) is 8.90. The van der Waals surface area contributed by atoms with Crippen LogP contribution in [0.4, 0.5) is 0 Å². The predicted octanol–water partition coefficient (Wildman–Crippen LogP) is 4.73. The van der Waals surface area contributed by atoms with Gasteiger partial charge in [0.25, 0.3) is 0 Å². The van der Waals surface area contributed by atoms with Crippen LogP contribution in [-0.4, -0.2) is 54.6 Å². The Morgan fingerprint density at radius 3 is 0.795 bits per heavy atom. The average Bonchev–Trinajstić information content (AvgIpc) is 2.96. The summed E-state index contributed by atoms with van der Waals surface area (Å²) in [6.07, 6.45) is 0. The van der Waals surface area contributed by atoms with Crippen LogP contribution in [0.15, 0.2) is 97.1 Å². The van der Waals surface area contributed by atoms with Crippen molar-refractivity contribution in [2.24, 2.45) is 0 Å². The van der Waals surface area contributed by atoms with Gasteiger partial charge in [0, 0.05) is 0 Å². The van der Waals surface area contributed by atoms with Crippen molar-refractivity contribution in [3.8, 4) is 0 Å². The number of benzene rings is 4. The third kappa shape index (κ3) is 6.49. The molecule has 0 fully saturated rings. The topological polar surface area (TPSA) is 18.5 Å². The van der Waals surface area contributed by atoms with Crippen molar-refractivity contribution in [2.45, 2.75) is 77.0 Å². The maximum absolute atomic E-state index is 7.20. The van der Waals surface area contributed by atoms with E-state index in [1.165, 1.54) is 39.9 Å². The van der Waals surface area contributed by atoms with E-state index >= 15 is 0 Å². The van der Waals surface area contributed by atoms with E-state index in [2.05, 4.69) is 174 Å². The van der Waals surface area contributed by atoms with Crippen LogP contribution in [-0.2, 0) is 8.23 Å². The Balaban J connectivity index is 1.62. The van der Waals surface area contributed by atoms with Crippen molar-refractivity contribution in [3.63, 3.8) is 0 Å². The zero-order valence-corrected chi connectivity index (χ0v) is 36.2. The molecule has 0 atom stereocenters. The first-order valence-corrected chi connectivity index (χ1v) is 37.0. The van der Waals surface area contributed by atoms with Crippen LogP contribution in [0.5, 0.6) is 0 Å². The minimum absolute atomic E-state index is 1.38. The van der Waals surface area contributed by atoms with E-state index in [1.807, 2.05) is 0 Å². The quantitative estimate of drug-likeness (QED) is 0.244. The molecule has 0 N–H and O–H groups in total. The van der Waals surface area contributed by atoms with Gasteiger partial charge < -0.3 is 0 Å². The molecule has 4 aromatic carbocycles. The number of rotatable bonds is 0. The molecule has 0 spiro atoms. The number of hydrogen-bond acceptors (Lipinski definition) is 2. The standard InChI is InChI=1S/C36H52GeO2Si5/c1-37(2)29-13-17-33(18-14-29)41(5,6)38-43(9,10)35-25-21-31(22-26-35)40(3,4)32-23-27-36(28-24-32)44(11,12)39-42(7,8)34-19-15-30(37)16-20-34/h13-28H,1-12H3. The minimum atomic E-state index is -2.48. The predicted molar refractivity (Wildman–Crippen MR) is 210 cm³/mol. The third-order valence-corrected chi connectivity index (χ3v) is 36.3. The van der Waals surface area contributed by atoms with Gasteiger partial charge in [0.05, 0.1) is 0 Å². The SMILES string of the molecule is C[Si]1(C)O[Si](C)(C)c2cc[c](cc2)[Ge]([CH3])([CH3])[c]2ccc(cc2)[Si](C)(C)O[Si](C)(C)c2ccc(cc2)[Si](C)(C)c2ccc1cc2. The van der Waals surface area contributed by atoms with E-state index in [4.69, 9.17) is 8.23 Å². The van der Waals surface area contributed by atoms with E-state index in [9.17, 15) is 0 Å². The van der Waals surface area contributed by atoms with Crippen molar-refractivity contribution in [3.05, 3.63) is 97.1 Å². The average molecular weight is 730 g/mol. The maximum atomic E-state index is 7.20. The van der Waals surface area contributed by atoms with Gasteiger partial charge in [0.2, 0.25) is 0 Å². The molecule has 11 rings (SSSR count). The van der Waals surface area contributed by atoms with Gasteiger partial charge in [-0.15, -0.1) is 0 Å². The van der Waals surface area contributed by atoms with Gasteiger partial charge >= 0.3 is 264 Å². The fraction of sp³-hybridized carbons (Fsp3) is 0.333. The van der Waals surface area contributed by atoms with E-state index in [1.54, 1.807) is 0 Å². The molecule has 0 saturated heterocycles. The van der Waals surface area contributed by atoms with Gasteiger partial charge in [-0.3, -0.25) is 0 Å². The molecule has 4 aromatic rings. The molecule has 0 amide bonds. The molecule has 0 aliphatic carbocycles. The molecule has 8 bridgehead atoms. The Morgan fingerprint density at radius 1 is 0.341 bits per heavy atom. The molecule has 0 unspecified atom stereocenters. The van der Waals surface area contributed by atoms with Crippen molar-refractivity contribution in [1.29, 1.82) is 0 Å². The molecule has 0 saturated carbocycles. The number of hydrogen-bond donors (Lipinski definition) is 0. The van der Waals surface area contributed by atoms with Crippen molar-refractivity contribution in [1.82, 2.24) is 0 Å². The van der Waals surface area contributed by atoms with E-state index in [0.717, 1.165) is 0 Å². The molecule has 44 heavy (non-hydrogen) atoms. The monoisotopic (exact) mass is 730 g/mol. The summed E-state index contributed by atoms with van der Waals surface area (Å²) in [4.78, 5) is 0. The van der Waals surface area contributed by atoms with Crippen LogP contribution < -0.4 is 39.9 Å². The van der Waals surface area contributed by atoms with Gasteiger partial charge in [0.15, 0.2) is 0 Å². The third-order valence-electron chi connectivity index (χ3n) is 10.2. The second-order valence-corrected chi connectivity index (χ2v) is 45.5. The van der Waals surface area contributed by atoms with Gasteiger partial charge in [-0.05, 0) is 0 Å². The van der Waals surface area contributed by atoms with Gasteiger partial charge in [-0.25, -0.2) is 0 Å². The van der Waals surface area contributed by atoms with Crippen LogP contribution >= 0.6 is 0 Å². The van der Waals surface area contributed by atoms with Crippen LogP contribution in [0, 0.1) is 0 Å². The Bertz CT molecular complexity index is 1380. The van der Waals surface area contributed by atoms with Crippen LogP contribution in [0.3, 0.4) is 0 Å². The Labute approximate surface area is 275 Å². The fourth-order valence-electron chi connectivity index (χ4n) is 7.00. The summed E-state index contributed by atoms with van der Waals surface area (Å²) in [5.74, 6) is 5.05. The van der Waals surface area contributed by atoms with Gasteiger partial charge in [-0.1, -0.05) is 13.1 Å². The van der Waals surface area contributed by atoms with Crippen LogP contribution in [0.2, 0.25) is 77.0 Å². The first kappa shape index (κ1) is 33.8. The molecule has 0 radical (unpaired) electrons. The first-order valence-electron chi connectivity index (χ1n) is 16.1. The van der Waals surface area contributed by atoms with Gasteiger partial charge in [-0.2, -0.15) is 0 Å². The van der Waals surface area contributed by atoms with Crippen LogP contribution in [0.1, 0.15) is 0 Å². The first-order chi connectivity index (χ1) is 20.3. The van der Waals surface area contributed by atoms with E-state index in [0.29, 0.717) is 0 Å². The molecular weight excluding hydrogens is 677 g/mol. The summed E-state index contributed by atoms with van der Waals surface area (Å²) in [7, 11) is -10.3. The van der Waals surface area contributed by atoms with Crippen molar-refractivity contribution in [2.75, 3.05) is 0 Å². The molecule has 0 aromatic heterocycles. The summed E-state index contributed by atoms with van der Waals surface area (Å²) < 4.78 is 17.4. The molecule has 7 heterocycles. The molecule has 7 aliphatic rings. The zero-order valence-electron chi connectivity index (χ0n) is 29.1. The van der Waals surface area contributed by atoms with Gasteiger partial charge in [0.1, 0.15) is 0 Å². The summed E-state index contributed by atoms with van der Waals surface area (Å²) in [5.41, 5.74) is 0. The van der Waals surface area contributed by atoms with E-state index in [-0.39, 0.29) is 0 Å². The summed E-state index contributed by atoms with van der Waals surface area (Å²) in [6, 6.07) is 38.2. The fourth-order valence-corrected chi connectivity index (χ4v) is 30.2. The normalized spacial score (nSPS) is 21.2. The van der Waals surface area contributed by atoms with E-state index < -0.39 is 54.6 Å². The summed E-state index contributed by atoms with van der Waals surface area (Å²) in [6.45, 7) is 23.9. The van der Waals surface area contributed by atoms with Crippen LogP contribution in [0.25, 0.3) is 0 Å².